The van der Waals surface area contributed by atoms with Crippen LogP contribution in [-0.2, 0) is 0 Å². The third-order valence-electron chi connectivity index (χ3n) is 0.836. The first kappa shape index (κ1) is 9.87. The SMILES string of the molecule is Nc1ncc(Br)cc1Br.O. The molecule has 3 nitrogen and oxygen atoms in total. The summed E-state index contributed by atoms with van der Waals surface area (Å²) in [7, 11) is 0. The van der Waals surface area contributed by atoms with Crippen molar-refractivity contribution in [1.29, 1.82) is 0 Å². The molecule has 0 saturated carbocycles. The van der Waals surface area contributed by atoms with Crippen LogP contribution in [0, 0.1) is 0 Å². The number of rotatable bonds is 0. The van der Waals surface area contributed by atoms with E-state index in [2.05, 4.69) is 36.8 Å². The summed E-state index contributed by atoms with van der Waals surface area (Å²) >= 11 is 6.48. The predicted molar refractivity (Wildman–Crippen MR) is 47.7 cm³/mol. The molecule has 1 rings (SSSR count). The third-order valence-corrected chi connectivity index (χ3v) is 1.91. The van der Waals surface area contributed by atoms with Crippen LogP contribution in [0.4, 0.5) is 5.82 Å². The summed E-state index contributed by atoms with van der Waals surface area (Å²) in [5.41, 5.74) is 5.41. The van der Waals surface area contributed by atoms with E-state index in [1.165, 1.54) is 0 Å². The largest absolute Gasteiger partial charge is 0.412 e. The second kappa shape index (κ2) is 3.90. The topological polar surface area (TPSA) is 70.4 Å². The zero-order valence-electron chi connectivity index (χ0n) is 4.94. The Morgan fingerprint density at radius 2 is 2.00 bits per heavy atom. The normalized spacial score (nSPS) is 8.60. The highest BCUT2D eigenvalue weighted by atomic mass is 79.9. The lowest BCUT2D eigenvalue weighted by Gasteiger charge is -1.94. The average molecular weight is 270 g/mol. The van der Waals surface area contributed by atoms with Gasteiger partial charge in [-0.15, -0.1) is 0 Å². The average Bonchev–Trinajstić information content (AvgIpc) is 1.80. The molecule has 0 fully saturated rings. The Bertz CT molecular complexity index is 229. The molecule has 0 aliphatic heterocycles. The highest BCUT2D eigenvalue weighted by Gasteiger charge is 1.94. The summed E-state index contributed by atoms with van der Waals surface area (Å²) in [6, 6.07) is 1.85. The third kappa shape index (κ3) is 2.24. The molecule has 1 heterocycles. The monoisotopic (exact) mass is 268 g/mol. The highest BCUT2D eigenvalue weighted by molar-refractivity contribution is 9.11. The van der Waals surface area contributed by atoms with Gasteiger partial charge in [-0.2, -0.15) is 0 Å². The lowest BCUT2D eigenvalue weighted by Crippen LogP contribution is -1.89. The van der Waals surface area contributed by atoms with Crippen LogP contribution in [0.5, 0.6) is 0 Å². The first-order valence-corrected chi connectivity index (χ1v) is 3.85. The van der Waals surface area contributed by atoms with Gasteiger partial charge in [-0.1, -0.05) is 0 Å². The molecule has 1 aromatic heterocycles. The minimum Gasteiger partial charge on any atom is -0.412 e. The second-order valence-electron chi connectivity index (χ2n) is 1.52. The van der Waals surface area contributed by atoms with Gasteiger partial charge >= 0.3 is 0 Å². The van der Waals surface area contributed by atoms with Gasteiger partial charge in [0.15, 0.2) is 0 Å². The van der Waals surface area contributed by atoms with Gasteiger partial charge in [0.1, 0.15) is 5.82 Å². The van der Waals surface area contributed by atoms with E-state index >= 15 is 0 Å². The Morgan fingerprint density at radius 3 is 2.40 bits per heavy atom. The van der Waals surface area contributed by atoms with Gasteiger partial charge in [0, 0.05) is 10.7 Å². The molecule has 1 aromatic rings. The summed E-state index contributed by atoms with van der Waals surface area (Å²) in [5.74, 6) is 0.512. The van der Waals surface area contributed by atoms with Crippen LogP contribution in [0.2, 0.25) is 0 Å². The molecule has 10 heavy (non-hydrogen) atoms. The van der Waals surface area contributed by atoms with Gasteiger partial charge in [-0.3, -0.25) is 0 Å². The molecule has 0 unspecified atom stereocenters. The number of nitrogens with two attached hydrogens (primary N) is 1. The molecule has 0 saturated heterocycles. The lowest BCUT2D eigenvalue weighted by atomic mass is 10.5. The molecule has 0 spiro atoms. The van der Waals surface area contributed by atoms with E-state index in [1.54, 1.807) is 6.20 Å². The van der Waals surface area contributed by atoms with E-state index in [0.717, 1.165) is 8.95 Å². The molecule has 0 amide bonds. The molecular formula is C5H6Br2N2O. The predicted octanol–water partition coefficient (Wildman–Crippen LogP) is 1.36. The molecule has 0 atom stereocenters. The fourth-order valence-corrected chi connectivity index (χ4v) is 1.41. The Labute approximate surface area is 75.2 Å². The van der Waals surface area contributed by atoms with Crippen molar-refractivity contribution in [3.63, 3.8) is 0 Å². The maximum Gasteiger partial charge on any atom is 0.137 e. The summed E-state index contributed by atoms with van der Waals surface area (Å²) in [5, 5.41) is 0. The van der Waals surface area contributed by atoms with E-state index in [0.29, 0.717) is 5.82 Å². The van der Waals surface area contributed by atoms with Crippen molar-refractivity contribution in [1.82, 2.24) is 4.98 Å². The van der Waals surface area contributed by atoms with E-state index < -0.39 is 0 Å². The van der Waals surface area contributed by atoms with Crippen LogP contribution >= 0.6 is 31.9 Å². The fraction of sp³-hybridized carbons (Fsp3) is 0. The van der Waals surface area contributed by atoms with E-state index in [-0.39, 0.29) is 5.48 Å². The number of hydrogen-bond acceptors (Lipinski definition) is 2. The maximum atomic E-state index is 5.41. The number of nitrogens with zero attached hydrogens (tertiary/aromatic N) is 1. The number of halogens is 2. The number of anilines is 1. The standard InChI is InChI=1S/C5H4Br2N2.H2O/c6-3-1-4(7)5(8)9-2-3;/h1-2H,(H2,8,9);1H2. The number of hydrogen-bond donors (Lipinski definition) is 1. The maximum absolute atomic E-state index is 5.41. The first-order chi connectivity index (χ1) is 4.20. The van der Waals surface area contributed by atoms with Gasteiger partial charge in [0.05, 0.1) is 4.47 Å². The number of aromatic nitrogens is 1. The Balaban J connectivity index is 0.000000810. The quantitative estimate of drug-likeness (QED) is 0.773. The second-order valence-corrected chi connectivity index (χ2v) is 3.29. The minimum absolute atomic E-state index is 0. The van der Waals surface area contributed by atoms with Crippen molar-refractivity contribution in [3.8, 4) is 0 Å². The summed E-state index contributed by atoms with van der Waals surface area (Å²) in [6.07, 6.45) is 1.65. The molecule has 56 valence electrons. The van der Waals surface area contributed by atoms with Crippen LogP contribution in [0.15, 0.2) is 21.2 Å². The molecule has 0 aromatic carbocycles. The van der Waals surface area contributed by atoms with Crippen LogP contribution in [-0.4, -0.2) is 10.5 Å². The summed E-state index contributed by atoms with van der Waals surface area (Å²) < 4.78 is 1.74. The minimum atomic E-state index is 0. The fourth-order valence-electron chi connectivity index (χ4n) is 0.425. The van der Waals surface area contributed by atoms with Crippen LogP contribution in [0.25, 0.3) is 0 Å². The van der Waals surface area contributed by atoms with Gasteiger partial charge < -0.3 is 11.2 Å². The zero-order valence-corrected chi connectivity index (χ0v) is 8.11. The van der Waals surface area contributed by atoms with Crippen LogP contribution in [0.3, 0.4) is 0 Å². The molecule has 4 N–H and O–H groups in total. The highest BCUT2D eigenvalue weighted by Crippen LogP contribution is 2.20. The van der Waals surface area contributed by atoms with Crippen molar-refractivity contribution in [2.45, 2.75) is 0 Å². The van der Waals surface area contributed by atoms with Crippen molar-refractivity contribution in [2.24, 2.45) is 0 Å². The smallest absolute Gasteiger partial charge is 0.137 e. The van der Waals surface area contributed by atoms with Gasteiger partial charge in [0.2, 0.25) is 0 Å². The number of nitrogen functional groups attached to an aromatic ring is 1. The van der Waals surface area contributed by atoms with E-state index in [1.807, 2.05) is 6.07 Å². The van der Waals surface area contributed by atoms with Crippen molar-refractivity contribution < 1.29 is 5.48 Å². The Morgan fingerprint density at radius 1 is 1.40 bits per heavy atom. The van der Waals surface area contributed by atoms with Crippen LogP contribution in [0.1, 0.15) is 0 Å². The van der Waals surface area contributed by atoms with Crippen LogP contribution < -0.4 is 5.73 Å². The summed E-state index contributed by atoms with van der Waals surface area (Å²) in [6.45, 7) is 0. The van der Waals surface area contributed by atoms with Crippen molar-refractivity contribution in [3.05, 3.63) is 21.2 Å². The van der Waals surface area contributed by atoms with Crippen molar-refractivity contribution in [2.75, 3.05) is 5.73 Å². The molecule has 0 radical (unpaired) electrons. The van der Waals surface area contributed by atoms with Gasteiger partial charge in [0.25, 0.3) is 0 Å². The number of pyridine rings is 1. The van der Waals surface area contributed by atoms with Gasteiger partial charge in [-0.25, -0.2) is 4.98 Å². The lowest BCUT2D eigenvalue weighted by molar-refractivity contribution is 0.824. The zero-order chi connectivity index (χ0) is 6.85. The summed E-state index contributed by atoms with van der Waals surface area (Å²) in [4.78, 5) is 3.86. The first-order valence-electron chi connectivity index (χ1n) is 2.26. The van der Waals surface area contributed by atoms with Gasteiger partial charge in [-0.05, 0) is 37.9 Å². The van der Waals surface area contributed by atoms with E-state index in [4.69, 9.17) is 5.73 Å². The molecule has 5 heteroatoms. The Kier molecular flexibility index (Phi) is 3.85. The Hall–Kier alpha value is -0.130. The molecule has 0 aliphatic rings. The van der Waals surface area contributed by atoms with Crippen molar-refractivity contribution >= 4 is 37.7 Å². The molecular weight excluding hydrogens is 264 g/mol. The molecule has 0 bridgehead atoms. The molecule has 0 aliphatic carbocycles. The van der Waals surface area contributed by atoms with E-state index in [9.17, 15) is 0 Å².